The first-order valence-electron chi connectivity index (χ1n) is 9.51. The molecule has 1 unspecified atom stereocenters. The Balaban J connectivity index is 1.54. The molecule has 0 N–H and O–H groups in total. The average Bonchev–Trinajstić information content (AvgIpc) is 3.31. The Morgan fingerprint density at radius 2 is 2.00 bits per heavy atom. The third-order valence-corrected chi connectivity index (χ3v) is 5.68. The van der Waals surface area contributed by atoms with Gasteiger partial charge in [-0.1, -0.05) is 11.6 Å². The van der Waals surface area contributed by atoms with Gasteiger partial charge in [-0.2, -0.15) is 18.3 Å². The maximum Gasteiger partial charge on any atom is 0.391 e. The van der Waals surface area contributed by atoms with Gasteiger partial charge in [-0.3, -0.25) is 4.90 Å². The second kappa shape index (κ2) is 8.00. The lowest BCUT2D eigenvalue weighted by Gasteiger charge is -2.32. The van der Waals surface area contributed by atoms with Gasteiger partial charge in [0.05, 0.1) is 11.6 Å². The van der Waals surface area contributed by atoms with Crippen LogP contribution in [0.1, 0.15) is 43.0 Å². The zero-order valence-corrected chi connectivity index (χ0v) is 16.1. The molecule has 2 aromatic rings. The molecule has 0 amide bonds. The number of rotatable bonds is 4. The molecule has 2 aromatic heterocycles. The number of pyridine rings is 1. The van der Waals surface area contributed by atoms with E-state index in [0.717, 1.165) is 24.1 Å². The Morgan fingerprint density at radius 1 is 1.21 bits per heavy atom. The molecule has 0 bridgehead atoms. The number of hydrogen-bond acceptors (Lipinski definition) is 4. The highest BCUT2D eigenvalue weighted by Gasteiger charge is 2.41. The van der Waals surface area contributed by atoms with Crippen LogP contribution in [0.25, 0.3) is 5.82 Å². The summed E-state index contributed by atoms with van der Waals surface area (Å²) in [6, 6.07) is 3.42. The van der Waals surface area contributed by atoms with Crippen molar-refractivity contribution < 1.29 is 17.9 Å². The molecule has 0 saturated carbocycles. The van der Waals surface area contributed by atoms with E-state index in [9.17, 15) is 13.2 Å². The number of nitrogens with zero attached hydrogens (tertiary/aromatic N) is 4. The highest BCUT2D eigenvalue weighted by Crippen LogP contribution is 2.35. The average molecular weight is 415 g/mol. The molecule has 2 fully saturated rings. The number of aromatic nitrogens is 3. The lowest BCUT2D eigenvalue weighted by Crippen LogP contribution is -2.38. The van der Waals surface area contributed by atoms with E-state index >= 15 is 0 Å². The van der Waals surface area contributed by atoms with Crippen molar-refractivity contribution in [2.24, 2.45) is 5.92 Å². The van der Waals surface area contributed by atoms with Gasteiger partial charge >= 0.3 is 6.18 Å². The standard InChI is InChI=1S/C19H22ClF3N4O/c20-15-3-6-24-17(10-15)27-12-13(18(25-27)16-2-1-9-28-16)11-26-7-4-14(5-8-26)19(21,22)23/h3,6,10,12,14,16H,1-2,4-5,7-9,11H2. The molecule has 2 saturated heterocycles. The quantitative estimate of drug-likeness (QED) is 0.736. The van der Waals surface area contributed by atoms with E-state index in [1.165, 1.54) is 0 Å². The van der Waals surface area contributed by atoms with Gasteiger partial charge in [-0.05, 0) is 44.8 Å². The van der Waals surface area contributed by atoms with Crippen molar-refractivity contribution >= 4 is 11.6 Å². The van der Waals surface area contributed by atoms with Crippen molar-refractivity contribution in [2.75, 3.05) is 19.7 Å². The first kappa shape index (κ1) is 19.7. The Labute approximate surface area is 166 Å². The minimum absolute atomic E-state index is 0.0804. The predicted octanol–water partition coefficient (Wildman–Crippen LogP) is 4.55. The topological polar surface area (TPSA) is 43.2 Å². The highest BCUT2D eigenvalue weighted by atomic mass is 35.5. The van der Waals surface area contributed by atoms with Crippen LogP contribution in [-0.4, -0.2) is 45.5 Å². The van der Waals surface area contributed by atoms with E-state index in [4.69, 9.17) is 16.3 Å². The van der Waals surface area contributed by atoms with Crippen LogP contribution in [0, 0.1) is 5.92 Å². The normalized spacial score (nSPS) is 22.1. The van der Waals surface area contributed by atoms with Crippen LogP contribution in [0.5, 0.6) is 0 Å². The molecular formula is C19H22ClF3N4O. The number of alkyl halides is 3. The van der Waals surface area contributed by atoms with Crippen molar-refractivity contribution in [1.29, 1.82) is 0 Å². The van der Waals surface area contributed by atoms with E-state index < -0.39 is 12.1 Å². The third-order valence-electron chi connectivity index (χ3n) is 5.44. The third kappa shape index (κ3) is 4.34. The molecule has 1 atom stereocenters. The largest absolute Gasteiger partial charge is 0.391 e. The van der Waals surface area contributed by atoms with Crippen LogP contribution in [0.3, 0.4) is 0 Å². The summed E-state index contributed by atoms with van der Waals surface area (Å²) in [5, 5.41) is 5.25. The summed E-state index contributed by atoms with van der Waals surface area (Å²) < 4.78 is 46.3. The number of piperidine rings is 1. The zero-order valence-electron chi connectivity index (χ0n) is 15.3. The van der Waals surface area contributed by atoms with Crippen molar-refractivity contribution in [2.45, 2.75) is 44.5 Å². The van der Waals surface area contributed by atoms with Gasteiger partial charge in [0.2, 0.25) is 0 Å². The van der Waals surface area contributed by atoms with E-state index in [0.29, 0.717) is 37.1 Å². The summed E-state index contributed by atoms with van der Waals surface area (Å²) in [5.41, 5.74) is 1.82. The van der Waals surface area contributed by atoms with Gasteiger partial charge in [-0.15, -0.1) is 0 Å². The molecule has 28 heavy (non-hydrogen) atoms. The first-order chi connectivity index (χ1) is 13.4. The summed E-state index contributed by atoms with van der Waals surface area (Å²) in [6.07, 6.45) is 1.48. The summed E-state index contributed by atoms with van der Waals surface area (Å²) in [4.78, 5) is 6.37. The van der Waals surface area contributed by atoms with E-state index in [2.05, 4.69) is 15.0 Å². The molecule has 0 spiro atoms. The van der Waals surface area contributed by atoms with E-state index in [1.54, 1.807) is 23.0 Å². The second-order valence-corrected chi connectivity index (χ2v) is 7.85. The summed E-state index contributed by atoms with van der Waals surface area (Å²) in [6.45, 7) is 2.11. The van der Waals surface area contributed by atoms with E-state index in [-0.39, 0.29) is 18.9 Å². The Kier molecular flexibility index (Phi) is 5.62. The van der Waals surface area contributed by atoms with Gasteiger partial charge in [-0.25, -0.2) is 9.67 Å². The van der Waals surface area contributed by atoms with Crippen molar-refractivity contribution in [3.63, 3.8) is 0 Å². The summed E-state index contributed by atoms with van der Waals surface area (Å²) >= 11 is 6.07. The lowest BCUT2D eigenvalue weighted by atomic mass is 9.96. The Bertz CT molecular complexity index is 812. The summed E-state index contributed by atoms with van der Waals surface area (Å²) in [7, 11) is 0. The van der Waals surface area contributed by atoms with Gasteiger partial charge in [0, 0.05) is 42.2 Å². The molecule has 0 aliphatic carbocycles. The summed E-state index contributed by atoms with van der Waals surface area (Å²) in [5.74, 6) is -0.589. The van der Waals surface area contributed by atoms with Crippen LogP contribution >= 0.6 is 11.6 Å². The van der Waals surface area contributed by atoms with E-state index in [1.807, 2.05) is 6.20 Å². The van der Waals surface area contributed by atoms with Gasteiger partial charge < -0.3 is 4.74 Å². The zero-order chi connectivity index (χ0) is 19.7. The predicted molar refractivity (Wildman–Crippen MR) is 98.4 cm³/mol. The number of hydrogen-bond donors (Lipinski definition) is 0. The fraction of sp³-hybridized carbons (Fsp3) is 0.579. The molecule has 2 aliphatic rings. The van der Waals surface area contributed by atoms with Gasteiger partial charge in [0.1, 0.15) is 6.10 Å². The fourth-order valence-electron chi connectivity index (χ4n) is 3.90. The van der Waals surface area contributed by atoms with Gasteiger partial charge in [0.25, 0.3) is 0 Å². The maximum atomic E-state index is 12.9. The van der Waals surface area contributed by atoms with Crippen LogP contribution in [-0.2, 0) is 11.3 Å². The van der Waals surface area contributed by atoms with Crippen LogP contribution in [0.15, 0.2) is 24.5 Å². The first-order valence-corrected chi connectivity index (χ1v) is 9.89. The molecule has 0 aromatic carbocycles. The van der Waals surface area contributed by atoms with Crippen molar-refractivity contribution in [3.05, 3.63) is 40.8 Å². The molecule has 4 rings (SSSR count). The molecule has 5 nitrogen and oxygen atoms in total. The number of likely N-dealkylation sites (tertiary alicyclic amines) is 1. The minimum atomic E-state index is -4.10. The van der Waals surface area contributed by atoms with Crippen LogP contribution < -0.4 is 0 Å². The van der Waals surface area contributed by atoms with Crippen molar-refractivity contribution in [3.8, 4) is 5.82 Å². The Morgan fingerprint density at radius 3 is 2.64 bits per heavy atom. The number of ether oxygens (including phenoxy) is 1. The smallest absolute Gasteiger partial charge is 0.372 e. The second-order valence-electron chi connectivity index (χ2n) is 7.41. The lowest BCUT2D eigenvalue weighted by molar-refractivity contribution is -0.185. The maximum absolute atomic E-state index is 12.9. The monoisotopic (exact) mass is 414 g/mol. The van der Waals surface area contributed by atoms with Gasteiger partial charge in [0.15, 0.2) is 5.82 Å². The molecule has 2 aliphatic heterocycles. The molecule has 152 valence electrons. The molecule has 0 radical (unpaired) electrons. The highest BCUT2D eigenvalue weighted by molar-refractivity contribution is 6.30. The molecule has 9 heteroatoms. The fourth-order valence-corrected chi connectivity index (χ4v) is 4.06. The minimum Gasteiger partial charge on any atom is -0.372 e. The van der Waals surface area contributed by atoms with Crippen LogP contribution in [0.4, 0.5) is 13.2 Å². The van der Waals surface area contributed by atoms with Crippen LogP contribution in [0.2, 0.25) is 5.02 Å². The Hall–Kier alpha value is -1.64. The molecular weight excluding hydrogens is 393 g/mol. The SMILES string of the molecule is FC(F)(F)C1CCN(Cc2cn(-c3cc(Cl)ccn3)nc2C2CCCO2)CC1. The number of halogens is 4. The molecule has 4 heterocycles. The van der Waals surface area contributed by atoms with Crippen molar-refractivity contribution in [1.82, 2.24) is 19.7 Å².